The Morgan fingerprint density at radius 2 is 1.71 bits per heavy atom. The summed E-state index contributed by atoms with van der Waals surface area (Å²) in [5.41, 5.74) is 2.10. The minimum absolute atomic E-state index is 0.0978. The van der Waals surface area contributed by atoms with Crippen molar-refractivity contribution in [1.29, 1.82) is 0 Å². The predicted octanol–water partition coefficient (Wildman–Crippen LogP) is 4.56. The molecular formula is C28H36N2O5. The lowest BCUT2D eigenvalue weighted by Crippen LogP contribution is -2.35. The molecule has 1 heterocycles. The fourth-order valence-electron chi connectivity index (χ4n) is 4.15. The predicted molar refractivity (Wildman–Crippen MR) is 137 cm³/mol. The van der Waals surface area contributed by atoms with Crippen LogP contribution >= 0.6 is 0 Å². The molecule has 0 spiro atoms. The highest BCUT2D eigenvalue weighted by Crippen LogP contribution is 2.40. The highest BCUT2D eigenvalue weighted by Gasteiger charge is 2.46. The van der Waals surface area contributed by atoms with Gasteiger partial charge in [0.25, 0.3) is 11.7 Å². The SMILES string of the molecule is CCCCOc1ccc(C2/C(=C(\O)c3ccc(OCC)cc3C)C(=O)C(=O)N2CCN(C)C)cc1. The number of hydrogen-bond donors (Lipinski definition) is 1. The molecule has 1 fully saturated rings. The molecule has 2 aromatic carbocycles. The normalized spacial score (nSPS) is 17.3. The van der Waals surface area contributed by atoms with E-state index in [4.69, 9.17) is 9.47 Å². The van der Waals surface area contributed by atoms with Crippen molar-refractivity contribution < 1.29 is 24.2 Å². The standard InChI is InChI=1S/C28H36N2O5/c1-6-8-17-35-21-11-9-20(10-12-21)25-24(27(32)28(33)30(25)16-15-29(4)5)26(31)23-14-13-22(34-7-2)18-19(23)3/h9-14,18,25,31H,6-8,15-17H2,1-5H3/b26-24+. The molecule has 0 aromatic heterocycles. The van der Waals surface area contributed by atoms with E-state index in [1.165, 1.54) is 0 Å². The van der Waals surface area contributed by atoms with Crippen LogP contribution in [0.3, 0.4) is 0 Å². The van der Waals surface area contributed by atoms with Crippen LogP contribution < -0.4 is 9.47 Å². The number of rotatable bonds is 11. The Balaban J connectivity index is 2.05. The van der Waals surface area contributed by atoms with E-state index in [9.17, 15) is 14.7 Å². The van der Waals surface area contributed by atoms with E-state index in [-0.39, 0.29) is 11.3 Å². The van der Waals surface area contributed by atoms with Gasteiger partial charge in [-0.1, -0.05) is 25.5 Å². The van der Waals surface area contributed by atoms with E-state index >= 15 is 0 Å². The van der Waals surface area contributed by atoms with Gasteiger partial charge >= 0.3 is 0 Å². The monoisotopic (exact) mass is 480 g/mol. The molecule has 35 heavy (non-hydrogen) atoms. The zero-order chi connectivity index (χ0) is 25.5. The number of benzene rings is 2. The van der Waals surface area contributed by atoms with Gasteiger partial charge in [-0.05, 0) is 75.8 Å². The molecule has 1 amide bonds. The number of aryl methyl sites for hydroxylation is 1. The first-order chi connectivity index (χ1) is 16.8. The average molecular weight is 481 g/mol. The third-order valence-corrected chi connectivity index (χ3v) is 6.05. The van der Waals surface area contributed by atoms with Crippen LogP contribution in [0.1, 0.15) is 49.4 Å². The third kappa shape index (κ3) is 6.03. The number of ether oxygens (including phenoxy) is 2. The van der Waals surface area contributed by atoms with Crippen molar-refractivity contribution in [2.75, 3.05) is 40.4 Å². The molecule has 0 aliphatic carbocycles. The number of amides is 1. The second kappa shape index (κ2) is 11.9. The van der Waals surface area contributed by atoms with Crippen molar-refractivity contribution in [2.45, 2.75) is 39.7 Å². The Labute approximate surface area is 207 Å². The zero-order valence-corrected chi connectivity index (χ0v) is 21.3. The van der Waals surface area contributed by atoms with Crippen LogP contribution in [0.25, 0.3) is 5.76 Å². The lowest BCUT2D eigenvalue weighted by Gasteiger charge is -2.27. The first kappa shape index (κ1) is 26.3. The summed E-state index contributed by atoms with van der Waals surface area (Å²) >= 11 is 0. The summed E-state index contributed by atoms with van der Waals surface area (Å²) in [5.74, 6) is -0.0457. The molecule has 1 aliphatic heterocycles. The summed E-state index contributed by atoms with van der Waals surface area (Å²) in [6, 6.07) is 12.0. The molecule has 0 saturated carbocycles. The largest absolute Gasteiger partial charge is 0.507 e. The molecule has 2 aromatic rings. The molecule has 1 atom stereocenters. The number of aliphatic hydroxyl groups excluding tert-OH is 1. The smallest absolute Gasteiger partial charge is 0.295 e. The lowest BCUT2D eigenvalue weighted by molar-refractivity contribution is -0.140. The van der Waals surface area contributed by atoms with Crippen LogP contribution in [-0.2, 0) is 9.59 Å². The van der Waals surface area contributed by atoms with Gasteiger partial charge in [0.2, 0.25) is 0 Å². The van der Waals surface area contributed by atoms with E-state index in [2.05, 4.69) is 6.92 Å². The van der Waals surface area contributed by atoms with Crippen molar-refractivity contribution in [3.05, 3.63) is 64.7 Å². The van der Waals surface area contributed by atoms with Crippen molar-refractivity contribution in [2.24, 2.45) is 0 Å². The molecule has 7 nitrogen and oxygen atoms in total. The number of likely N-dealkylation sites (tertiary alicyclic amines) is 1. The maximum absolute atomic E-state index is 13.2. The van der Waals surface area contributed by atoms with Crippen LogP contribution in [0.5, 0.6) is 11.5 Å². The Kier molecular flexibility index (Phi) is 8.93. The molecule has 188 valence electrons. The van der Waals surface area contributed by atoms with Gasteiger partial charge in [0, 0.05) is 18.7 Å². The molecule has 1 aliphatic rings. The second-order valence-electron chi connectivity index (χ2n) is 8.98. The summed E-state index contributed by atoms with van der Waals surface area (Å²) in [7, 11) is 3.83. The van der Waals surface area contributed by atoms with Crippen LogP contribution in [0.15, 0.2) is 48.0 Å². The Morgan fingerprint density at radius 3 is 2.31 bits per heavy atom. The molecule has 0 bridgehead atoms. The van der Waals surface area contributed by atoms with Gasteiger partial charge in [-0.15, -0.1) is 0 Å². The quantitative estimate of drug-likeness (QED) is 0.220. The maximum Gasteiger partial charge on any atom is 0.295 e. The van der Waals surface area contributed by atoms with Gasteiger partial charge in [-0.25, -0.2) is 0 Å². The van der Waals surface area contributed by atoms with Gasteiger partial charge in [0.1, 0.15) is 17.3 Å². The van der Waals surface area contributed by atoms with E-state index < -0.39 is 17.7 Å². The topological polar surface area (TPSA) is 79.3 Å². The van der Waals surface area contributed by atoms with E-state index in [0.717, 1.165) is 29.7 Å². The lowest BCUT2D eigenvalue weighted by atomic mass is 9.94. The number of carbonyl (C=O) groups is 2. The van der Waals surface area contributed by atoms with E-state index in [1.54, 1.807) is 17.0 Å². The van der Waals surface area contributed by atoms with Gasteiger partial charge in [0.05, 0.1) is 24.8 Å². The Bertz CT molecular complexity index is 1080. The number of likely N-dealkylation sites (N-methyl/N-ethyl adjacent to an activating group) is 1. The highest BCUT2D eigenvalue weighted by atomic mass is 16.5. The molecule has 3 rings (SSSR count). The van der Waals surface area contributed by atoms with Crippen molar-refractivity contribution in [3.8, 4) is 11.5 Å². The van der Waals surface area contributed by atoms with Crippen molar-refractivity contribution in [3.63, 3.8) is 0 Å². The Hall–Kier alpha value is -3.32. The number of unbranched alkanes of at least 4 members (excludes halogenated alkanes) is 1. The van der Waals surface area contributed by atoms with Crippen molar-refractivity contribution in [1.82, 2.24) is 9.80 Å². The highest BCUT2D eigenvalue weighted by molar-refractivity contribution is 6.46. The number of aliphatic hydroxyl groups is 1. The first-order valence-electron chi connectivity index (χ1n) is 12.2. The van der Waals surface area contributed by atoms with E-state index in [0.29, 0.717) is 37.6 Å². The molecule has 1 saturated heterocycles. The number of carbonyl (C=O) groups excluding carboxylic acids is 2. The molecule has 0 radical (unpaired) electrons. The van der Waals surface area contributed by atoms with Crippen LogP contribution in [0.2, 0.25) is 0 Å². The second-order valence-corrected chi connectivity index (χ2v) is 8.98. The molecular weight excluding hydrogens is 444 g/mol. The minimum atomic E-state index is -0.689. The van der Waals surface area contributed by atoms with Crippen LogP contribution in [0.4, 0.5) is 0 Å². The fraction of sp³-hybridized carbons (Fsp3) is 0.429. The van der Waals surface area contributed by atoms with Gasteiger partial charge < -0.3 is 24.4 Å². The molecule has 7 heteroatoms. The Morgan fingerprint density at radius 1 is 1.03 bits per heavy atom. The summed E-state index contributed by atoms with van der Waals surface area (Å²) in [6.45, 7) is 7.96. The minimum Gasteiger partial charge on any atom is -0.507 e. The summed E-state index contributed by atoms with van der Waals surface area (Å²) < 4.78 is 11.3. The van der Waals surface area contributed by atoms with Crippen LogP contribution in [-0.4, -0.2) is 67.0 Å². The van der Waals surface area contributed by atoms with Gasteiger partial charge in [-0.3, -0.25) is 9.59 Å². The third-order valence-electron chi connectivity index (χ3n) is 6.05. The average Bonchev–Trinajstić information content (AvgIpc) is 3.08. The summed E-state index contributed by atoms with van der Waals surface area (Å²) in [6.07, 6.45) is 2.01. The number of nitrogens with zero attached hydrogens (tertiary/aromatic N) is 2. The maximum atomic E-state index is 13.2. The van der Waals surface area contributed by atoms with Gasteiger partial charge in [0.15, 0.2) is 0 Å². The van der Waals surface area contributed by atoms with Crippen LogP contribution in [0, 0.1) is 6.92 Å². The van der Waals surface area contributed by atoms with Gasteiger partial charge in [-0.2, -0.15) is 0 Å². The zero-order valence-electron chi connectivity index (χ0n) is 21.3. The first-order valence-corrected chi connectivity index (χ1v) is 12.2. The van der Waals surface area contributed by atoms with Crippen molar-refractivity contribution >= 4 is 17.4 Å². The number of hydrogen-bond acceptors (Lipinski definition) is 6. The molecule has 1 unspecified atom stereocenters. The fourth-order valence-corrected chi connectivity index (χ4v) is 4.15. The summed E-state index contributed by atoms with van der Waals surface area (Å²) in [5, 5.41) is 11.3. The number of Topliss-reactive ketones (excluding diaryl/α,β-unsaturated/α-hetero) is 1. The van der Waals surface area contributed by atoms with E-state index in [1.807, 2.05) is 63.2 Å². The molecule has 1 N–H and O–H groups in total. The number of ketones is 1. The summed E-state index contributed by atoms with van der Waals surface area (Å²) in [4.78, 5) is 29.8.